The van der Waals surface area contributed by atoms with Gasteiger partial charge in [0.1, 0.15) is 0 Å². The number of benzene rings is 2. The summed E-state index contributed by atoms with van der Waals surface area (Å²) in [7, 11) is 0. The normalized spacial score (nSPS) is 10.0. The van der Waals surface area contributed by atoms with Crippen LogP contribution in [0.4, 0.5) is 11.4 Å². The van der Waals surface area contributed by atoms with E-state index in [1.807, 2.05) is 0 Å². The lowest BCUT2D eigenvalue weighted by Crippen LogP contribution is -2.38. The van der Waals surface area contributed by atoms with Gasteiger partial charge in [-0.25, -0.2) is 0 Å². The van der Waals surface area contributed by atoms with Gasteiger partial charge < -0.3 is 11.1 Å². The number of hydrogen-bond acceptors (Lipinski definition) is 7. The number of anilines is 1. The number of ketones is 1. The van der Waals surface area contributed by atoms with Gasteiger partial charge in [-0.05, 0) is 6.07 Å². The molecule has 0 saturated heterocycles. The minimum Gasteiger partial charge on any atom is -0.376 e. The highest BCUT2D eigenvalue weighted by atomic mass is 16.6. The van der Waals surface area contributed by atoms with E-state index in [1.54, 1.807) is 30.3 Å². The summed E-state index contributed by atoms with van der Waals surface area (Å²) in [6.07, 6.45) is 0. The van der Waals surface area contributed by atoms with Crippen molar-refractivity contribution in [2.24, 2.45) is 5.73 Å². The fraction of sp³-hybridized carbons (Fsp3) is 0.118. The van der Waals surface area contributed by atoms with Gasteiger partial charge in [-0.15, -0.1) is 0 Å². The van der Waals surface area contributed by atoms with Crippen molar-refractivity contribution in [3.63, 3.8) is 0 Å². The summed E-state index contributed by atoms with van der Waals surface area (Å²) in [5, 5.41) is 15.8. The average molecular weight is 356 g/mol. The first-order valence-corrected chi connectivity index (χ1v) is 7.57. The van der Waals surface area contributed by atoms with Crippen LogP contribution >= 0.6 is 0 Å². The molecule has 0 aliphatic carbocycles. The lowest BCUT2D eigenvalue weighted by atomic mass is 10.0. The third-order valence-corrected chi connectivity index (χ3v) is 3.40. The Hall–Kier alpha value is -3.59. The van der Waals surface area contributed by atoms with Crippen molar-refractivity contribution in [3.8, 4) is 0 Å². The Morgan fingerprint density at radius 1 is 1.04 bits per heavy atom. The molecule has 0 aromatic heterocycles. The topological polar surface area (TPSA) is 144 Å². The molecule has 2 amide bonds. The summed E-state index contributed by atoms with van der Waals surface area (Å²) >= 11 is 0. The molecule has 4 N–H and O–H groups in total. The molecule has 0 fully saturated rings. The van der Waals surface area contributed by atoms with Crippen LogP contribution in [0.15, 0.2) is 48.5 Å². The third kappa shape index (κ3) is 4.71. The molecule has 0 aliphatic heterocycles. The Labute approximate surface area is 148 Å². The van der Waals surface area contributed by atoms with Crippen LogP contribution in [0, 0.1) is 10.1 Å². The van der Waals surface area contributed by atoms with E-state index in [1.165, 1.54) is 12.1 Å². The molecule has 0 bridgehead atoms. The van der Waals surface area contributed by atoms with E-state index in [9.17, 15) is 24.5 Å². The van der Waals surface area contributed by atoms with Crippen LogP contribution in [-0.2, 0) is 9.59 Å². The van der Waals surface area contributed by atoms with E-state index >= 15 is 0 Å². The fourth-order valence-corrected chi connectivity index (χ4v) is 2.16. The maximum atomic E-state index is 12.7. The fourth-order valence-electron chi connectivity index (χ4n) is 2.16. The first-order chi connectivity index (χ1) is 12.4. The Morgan fingerprint density at radius 2 is 1.73 bits per heavy atom. The molecule has 26 heavy (non-hydrogen) atoms. The number of nitrogens with one attached hydrogen (secondary N) is 2. The number of nitro benzene ring substituents is 1. The van der Waals surface area contributed by atoms with Crippen LogP contribution in [0.1, 0.15) is 15.9 Å². The second-order valence-corrected chi connectivity index (χ2v) is 5.21. The maximum Gasteiger partial charge on any atom is 0.270 e. The molecule has 134 valence electrons. The van der Waals surface area contributed by atoms with Gasteiger partial charge in [0.25, 0.3) is 5.69 Å². The summed E-state index contributed by atoms with van der Waals surface area (Å²) in [6, 6.07) is 11.9. The number of nitro groups is 1. The highest BCUT2D eigenvalue weighted by Gasteiger charge is 2.18. The summed E-state index contributed by atoms with van der Waals surface area (Å²) in [5.74, 6) is -1.71. The molecule has 0 aliphatic rings. The second-order valence-electron chi connectivity index (χ2n) is 5.21. The number of nitrogens with zero attached hydrogens (tertiary/aromatic N) is 1. The van der Waals surface area contributed by atoms with Crippen LogP contribution < -0.4 is 16.4 Å². The molecule has 0 radical (unpaired) electrons. The third-order valence-electron chi connectivity index (χ3n) is 3.40. The Bertz CT molecular complexity index is 851. The number of carbonyl (C=O) groups excluding carboxylic acids is 3. The molecule has 2 aromatic rings. The molecule has 0 unspecified atom stereocenters. The summed E-state index contributed by atoms with van der Waals surface area (Å²) < 4.78 is 0. The van der Waals surface area contributed by atoms with Crippen LogP contribution in [0.3, 0.4) is 0 Å². The maximum absolute atomic E-state index is 12.7. The van der Waals surface area contributed by atoms with Gasteiger partial charge in [-0.3, -0.25) is 29.8 Å². The standard InChI is InChI=1S/C17H16N4O5/c18-9-15(22)20-16(23)10-19-14-7-6-12(21(25)26)8-13(14)17(24)11-4-2-1-3-5-11/h1-8,19H,9-10,18H2,(H,20,22,23). The highest BCUT2D eigenvalue weighted by Crippen LogP contribution is 2.24. The average Bonchev–Trinajstić information content (AvgIpc) is 2.66. The molecule has 9 nitrogen and oxygen atoms in total. The zero-order valence-electron chi connectivity index (χ0n) is 13.6. The van der Waals surface area contributed by atoms with Crippen LogP contribution in [-0.4, -0.2) is 35.6 Å². The van der Waals surface area contributed by atoms with E-state index < -0.39 is 22.5 Å². The SMILES string of the molecule is NCC(=O)NC(=O)CNc1ccc([N+](=O)[O-])cc1C(=O)c1ccccc1. The van der Waals surface area contributed by atoms with Gasteiger partial charge >= 0.3 is 0 Å². The minimum absolute atomic E-state index is 0.0448. The Morgan fingerprint density at radius 3 is 2.35 bits per heavy atom. The van der Waals surface area contributed by atoms with Crippen LogP contribution in [0.5, 0.6) is 0 Å². The molecule has 2 aromatic carbocycles. The van der Waals surface area contributed by atoms with Crippen LogP contribution in [0.2, 0.25) is 0 Å². The van der Waals surface area contributed by atoms with Gasteiger partial charge in [0.2, 0.25) is 11.8 Å². The zero-order valence-corrected chi connectivity index (χ0v) is 13.6. The summed E-state index contributed by atoms with van der Waals surface area (Å²) in [5.41, 5.74) is 5.48. The van der Waals surface area contributed by atoms with Crippen molar-refractivity contribution in [1.29, 1.82) is 0 Å². The number of amides is 2. The van der Waals surface area contributed by atoms with Gasteiger partial charge in [0.15, 0.2) is 5.78 Å². The highest BCUT2D eigenvalue weighted by molar-refractivity contribution is 6.13. The number of nitrogens with two attached hydrogens (primary N) is 1. The molecular formula is C17H16N4O5. The Kier molecular flexibility index (Phi) is 6.12. The number of imide groups is 1. The first kappa shape index (κ1) is 18.7. The molecule has 9 heteroatoms. The lowest BCUT2D eigenvalue weighted by Gasteiger charge is -2.11. The largest absolute Gasteiger partial charge is 0.376 e. The molecule has 2 rings (SSSR count). The summed E-state index contributed by atoms with van der Waals surface area (Å²) in [6.45, 7) is -0.639. The minimum atomic E-state index is -0.642. The Balaban J connectivity index is 2.28. The van der Waals surface area contributed by atoms with Crippen LogP contribution in [0.25, 0.3) is 0 Å². The molecule has 0 saturated carbocycles. The smallest absolute Gasteiger partial charge is 0.270 e. The van der Waals surface area contributed by atoms with Gasteiger partial charge in [0.05, 0.1) is 23.6 Å². The number of non-ortho nitro benzene ring substituents is 1. The number of hydrogen-bond donors (Lipinski definition) is 3. The van der Waals surface area contributed by atoms with Gasteiger partial charge in [-0.1, -0.05) is 30.3 Å². The van der Waals surface area contributed by atoms with Crippen molar-refractivity contribution < 1.29 is 19.3 Å². The predicted octanol–water partition coefficient (Wildman–Crippen LogP) is 0.839. The summed E-state index contributed by atoms with van der Waals surface area (Å²) in [4.78, 5) is 45.8. The molecule has 0 heterocycles. The van der Waals surface area contributed by atoms with Crippen molar-refractivity contribution >= 4 is 29.0 Å². The van der Waals surface area contributed by atoms with E-state index in [-0.39, 0.29) is 30.0 Å². The monoisotopic (exact) mass is 356 g/mol. The predicted molar refractivity (Wildman–Crippen MR) is 93.7 cm³/mol. The van der Waals surface area contributed by atoms with Crippen molar-refractivity contribution in [3.05, 3.63) is 69.8 Å². The van der Waals surface area contributed by atoms with E-state index in [0.717, 1.165) is 6.07 Å². The quantitative estimate of drug-likeness (QED) is 0.379. The van der Waals surface area contributed by atoms with Crippen molar-refractivity contribution in [2.45, 2.75) is 0 Å². The molecular weight excluding hydrogens is 340 g/mol. The first-order valence-electron chi connectivity index (χ1n) is 7.57. The van der Waals surface area contributed by atoms with Gasteiger partial charge in [0, 0.05) is 23.4 Å². The zero-order chi connectivity index (χ0) is 19.1. The van der Waals surface area contributed by atoms with E-state index in [2.05, 4.69) is 10.6 Å². The van der Waals surface area contributed by atoms with E-state index in [0.29, 0.717) is 5.56 Å². The number of carbonyl (C=O) groups is 3. The lowest BCUT2D eigenvalue weighted by molar-refractivity contribution is -0.384. The van der Waals surface area contributed by atoms with Crippen molar-refractivity contribution in [1.82, 2.24) is 5.32 Å². The second kappa shape index (κ2) is 8.49. The number of rotatable bonds is 7. The molecule has 0 atom stereocenters. The van der Waals surface area contributed by atoms with E-state index in [4.69, 9.17) is 5.73 Å². The van der Waals surface area contributed by atoms with Gasteiger partial charge in [-0.2, -0.15) is 0 Å². The molecule has 0 spiro atoms. The van der Waals surface area contributed by atoms with Crippen molar-refractivity contribution in [2.75, 3.05) is 18.4 Å².